The molecular formula is C16H18F2N2O2. The largest absolute Gasteiger partial charge is 0.324 e. The molecule has 6 heteroatoms. The molecule has 1 aromatic rings. The fourth-order valence-corrected chi connectivity index (χ4v) is 3.19. The molecule has 1 aromatic carbocycles. The van der Waals surface area contributed by atoms with Gasteiger partial charge in [0.2, 0.25) is 17.7 Å². The molecule has 4 nitrogen and oxygen atoms in total. The van der Waals surface area contributed by atoms with E-state index < -0.39 is 18.3 Å². The predicted octanol–water partition coefficient (Wildman–Crippen LogP) is 3.19. The van der Waals surface area contributed by atoms with Gasteiger partial charge in [0.15, 0.2) is 0 Å². The lowest BCUT2D eigenvalue weighted by Crippen LogP contribution is -2.41. The number of carbonyl (C=O) groups is 2. The van der Waals surface area contributed by atoms with E-state index >= 15 is 0 Å². The van der Waals surface area contributed by atoms with Gasteiger partial charge < -0.3 is 10.2 Å². The highest BCUT2D eigenvalue weighted by molar-refractivity contribution is 6.04. The highest BCUT2D eigenvalue weighted by Gasteiger charge is 2.41. The second kappa shape index (κ2) is 5.66. The van der Waals surface area contributed by atoms with Gasteiger partial charge in [-0.2, -0.15) is 0 Å². The molecule has 1 unspecified atom stereocenters. The number of anilines is 2. The Labute approximate surface area is 127 Å². The molecule has 3 rings (SSSR count). The Balaban J connectivity index is 1.87. The number of rotatable bonds is 1. The van der Waals surface area contributed by atoms with Crippen LogP contribution in [0.5, 0.6) is 0 Å². The van der Waals surface area contributed by atoms with Crippen LogP contribution in [0.15, 0.2) is 24.3 Å². The molecule has 2 aliphatic rings. The third kappa shape index (κ3) is 2.96. The van der Waals surface area contributed by atoms with Gasteiger partial charge in [0.25, 0.3) is 0 Å². The summed E-state index contributed by atoms with van der Waals surface area (Å²) in [6, 6.07) is 6.99. The normalized spacial score (nSPS) is 24.2. The van der Waals surface area contributed by atoms with Crippen molar-refractivity contribution in [3.63, 3.8) is 0 Å². The summed E-state index contributed by atoms with van der Waals surface area (Å²) in [6.07, 6.45) is 0.466. The Morgan fingerprint density at radius 1 is 1.32 bits per heavy atom. The van der Waals surface area contributed by atoms with Crippen LogP contribution >= 0.6 is 0 Å². The van der Waals surface area contributed by atoms with Crippen LogP contribution in [-0.4, -0.2) is 24.3 Å². The minimum Gasteiger partial charge on any atom is -0.324 e. The number of alkyl halides is 2. The summed E-state index contributed by atoms with van der Waals surface area (Å²) in [4.78, 5) is 25.9. The minimum atomic E-state index is -2.77. The van der Waals surface area contributed by atoms with Gasteiger partial charge in [0.1, 0.15) is 0 Å². The summed E-state index contributed by atoms with van der Waals surface area (Å²) in [5.74, 6) is -3.91. The lowest BCUT2D eigenvalue weighted by Gasteiger charge is -2.32. The molecule has 1 N–H and O–H groups in total. The molecule has 1 fully saturated rings. The second-order valence-electron chi connectivity index (χ2n) is 5.95. The summed E-state index contributed by atoms with van der Waals surface area (Å²) in [5.41, 5.74) is 1.15. The Hall–Kier alpha value is -1.98. The van der Waals surface area contributed by atoms with Crippen molar-refractivity contribution in [2.75, 3.05) is 16.8 Å². The summed E-state index contributed by atoms with van der Waals surface area (Å²) in [5, 5.41) is 2.75. The van der Waals surface area contributed by atoms with Crippen molar-refractivity contribution in [3.8, 4) is 0 Å². The van der Waals surface area contributed by atoms with E-state index in [-0.39, 0.29) is 31.2 Å². The van der Waals surface area contributed by atoms with Crippen molar-refractivity contribution in [2.45, 2.75) is 38.0 Å². The molecule has 2 amide bonds. The van der Waals surface area contributed by atoms with Gasteiger partial charge in [0.05, 0.1) is 11.4 Å². The van der Waals surface area contributed by atoms with E-state index in [1.54, 1.807) is 24.3 Å². The number of carbonyl (C=O) groups excluding carboxylic acids is 2. The minimum absolute atomic E-state index is 0.145. The van der Waals surface area contributed by atoms with E-state index in [4.69, 9.17) is 0 Å². The van der Waals surface area contributed by atoms with Crippen LogP contribution in [-0.2, 0) is 9.59 Å². The van der Waals surface area contributed by atoms with Crippen molar-refractivity contribution in [1.29, 1.82) is 0 Å². The van der Waals surface area contributed by atoms with Crippen LogP contribution in [0.25, 0.3) is 0 Å². The van der Waals surface area contributed by atoms with Gasteiger partial charge in [-0.3, -0.25) is 9.59 Å². The molecule has 1 heterocycles. The van der Waals surface area contributed by atoms with E-state index in [2.05, 4.69) is 5.32 Å². The van der Waals surface area contributed by atoms with Crippen molar-refractivity contribution >= 4 is 23.2 Å². The number of halogens is 2. The summed E-state index contributed by atoms with van der Waals surface area (Å²) in [6.45, 7) is 0.226. The lowest BCUT2D eigenvalue weighted by molar-refractivity contribution is -0.129. The van der Waals surface area contributed by atoms with Crippen molar-refractivity contribution < 1.29 is 18.4 Å². The molecule has 1 aliphatic heterocycles. The van der Waals surface area contributed by atoms with E-state index in [9.17, 15) is 18.4 Å². The smallest absolute Gasteiger partial charge is 0.248 e. The van der Waals surface area contributed by atoms with Crippen LogP contribution in [0.2, 0.25) is 0 Å². The van der Waals surface area contributed by atoms with Crippen LogP contribution < -0.4 is 10.2 Å². The third-order valence-corrected chi connectivity index (χ3v) is 4.29. The quantitative estimate of drug-likeness (QED) is 0.866. The molecule has 1 saturated carbocycles. The summed E-state index contributed by atoms with van der Waals surface area (Å²) < 4.78 is 27.2. The average molecular weight is 308 g/mol. The first-order valence-electron chi connectivity index (χ1n) is 7.54. The fraction of sp³-hybridized carbons (Fsp3) is 0.500. The molecule has 0 bridgehead atoms. The maximum absolute atomic E-state index is 13.6. The summed E-state index contributed by atoms with van der Waals surface area (Å²) in [7, 11) is 0. The SMILES string of the molecule is O=C1CCN(C(=O)C2CCCC(F)(F)C2)c2ccccc2N1. The lowest BCUT2D eigenvalue weighted by atomic mass is 9.85. The van der Waals surface area contributed by atoms with E-state index in [1.165, 1.54) is 4.90 Å². The van der Waals surface area contributed by atoms with E-state index in [1.807, 2.05) is 0 Å². The van der Waals surface area contributed by atoms with E-state index in [0.717, 1.165) is 0 Å². The number of hydrogen-bond donors (Lipinski definition) is 1. The Morgan fingerprint density at radius 3 is 2.86 bits per heavy atom. The van der Waals surface area contributed by atoms with Gasteiger partial charge in [-0.1, -0.05) is 12.1 Å². The van der Waals surface area contributed by atoms with Crippen LogP contribution in [0.3, 0.4) is 0 Å². The topological polar surface area (TPSA) is 49.4 Å². The number of hydrogen-bond acceptors (Lipinski definition) is 2. The number of amides is 2. The number of benzene rings is 1. The Bertz CT molecular complexity index is 604. The highest BCUT2D eigenvalue weighted by atomic mass is 19.3. The van der Waals surface area contributed by atoms with Gasteiger partial charge in [0, 0.05) is 31.7 Å². The molecule has 118 valence electrons. The molecular weight excluding hydrogens is 290 g/mol. The van der Waals surface area contributed by atoms with E-state index in [0.29, 0.717) is 24.2 Å². The first kappa shape index (κ1) is 14.9. The predicted molar refractivity (Wildman–Crippen MR) is 78.9 cm³/mol. The monoisotopic (exact) mass is 308 g/mol. The first-order chi connectivity index (χ1) is 10.5. The standard InChI is InChI=1S/C16H18F2N2O2/c17-16(18)8-3-4-11(10-16)15(22)20-9-7-14(21)19-12-5-1-2-6-13(12)20/h1-2,5-6,11H,3-4,7-10H2,(H,19,21). The van der Waals surface area contributed by atoms with Gasteiger partial charge in [-0.15, -0.1) is 0 Å². The maximum Gasteiger partial charge on any atom is 0.248 e. The molecule has 0 saturated heterocycles. The zero-order chi connectivity index (χ0) is 15.7. The van der Waals surface area contributed by atoms with Crippen molar-refractivity contribution in [2.24, 2.45) is 5.92 Å². The highest BCUT2D eigenvalue weighted by Crippen LogP contribution is 2.39. The second-order valence-corrected chi connectivity index (χ2v) is 5.95. The Kier molecular flexibility index (Phi) is 3.85. The zero-order valence-electron chi connectivity index (χ0n) is 12.1. The molecule has 0 aromatic heterocycles. The number of nitrogens with zero attached hydrogens (tertiary/aromatic N) is 1. The number of nitrogens with one attached hydrogen (secondary N) is 1. The average Bonchev–Trinajstić information content (AvgIpc) is 2.64. The van der Waals surface area contributed by atoms with Crippen LogP contribution in [0.4, 0.5) is 20.2 Å². The van der Waals surface area contributed by atoms with Crippen LogP contribution in [0, 0.1) is 5.92 Å². The maximum atomic E-state index is 13.6. The molecule has 0 spiro atoms. The zero-order valence-corrected chi connectivity index (χ0v) is 12.1. The number of fused-ring (bicyclic) bond motifs is 1. The molecule has 1 aliphatic carbocycles. The van der Waals surface area contributed by atoms with Gasteiger partial charge in [-0.05, 0) is 25.0 Å². The van der Waals surface area contributed by atoms with Crippen molar-refractivity contribution in [3.05, 3.63) is 24.3 Å². The van der Waals surface area contributed by atoms with Gasteiger partial charge in [-0.25, -0.2) is 8.78 Å². The third-order valence-electron chi connectivity index (χ3n) is 4.29. The van der Waals surface area contributed by atoms with Crippen molar-refractivity contribution in [1.82, 2.24) is 0 Å². The molecule has 0 radical (unpaired) electrons. The molecule has 1 atom stereocenters. The molecule has 22 heavy (non-hydrogen) atoms. The summed E-state index contributed by atoms with van der Waals surface area (Å²) >= 11 is 0. The Morgan fingerprint density at radius 2 is 2.09 bits per heavy atom. The van der Waals surface area contributed by atoms with Gasteiger partial charge >= 0.3 is 0 Å². The first-order valence-corrected chi connectivity index (χ1v) is 7.54. The van der Waals surface area contributed by atoms with Crippen LogP contribution in [0.1, 0.15) is 32.1 Å². The number of para-hydroxylation sites is 2. The fourth-order valence-electron chi connectivity index (χ4n) is 3.19.